The molecule has 0 radical (unpaired) electrons. The number of hydrogen-bond acceptors (Lipinski definition) is 4. The first-order valence-corrected chi connectivity index (χ1v) is 11.1. The molecule has 34 heavy (non-hydrogen) atoms. The molecule has 4 aromatic rings. The number of amides is 1. The highest BCUT2D eigenvalue weighted by atomic mass is 35.5. The molecule has 1 N–H and O–H groups in total. The Morgan fingerprint density at radius 1 is 1.12 bits per heavy atom. The molecule has 2 aromatic carbocycles. The first-order valence-electron chi connectivity index (χ1n) is 10.7. The Morgan fingerprint density at radius 2 is 1.85 bits per heavy atom. The summed E-state index contributed by atoms with van der Waals surface area (Å²) >= 11 is 5.75. The fraction of sp³-hybridized carbons (Fsp3) is 0.250. The lowest BCUT2D eigenvalue weighted by Crippen LogP contribution is -2.43. The predicted octanol–water partition coefficient (Wildman–Crippen LogP) is 3.50. The van der Waals surface area contributed by atoms with Gasteiger partial charge < -0.3 is 9.88 Å². The van der Waals surface area contributed by atoms with E-state index in [2.05, 4.69) is 10.3 Å². The maximum absolute atomic E-state index is 14.1. The predicted molar refractivity (Wildman–Crippen MR) is 129 cm³/mol. The average Bonchev–Trinajstić information content (AvgIpc) is 3.20. The van der Waals surface area contributed by atoms with Crippen molar-refractivity contribution in [1.82, 2.24) is 18.7 Å². The molecule has 0 bridgehead atoms. The van der Waals surface area contributed by atoms with Crippen LogP contribution in [0.3, 0.4) is 0 Å². The summed E-state index contributed by atoms with van der Waals surface area (Å²) in [5.41, 5.74) is -0.0909. The topological polar surface area (TPSA) is 90.9 Å². The number of nitrogens with one attached hydrogen (secondary N) is 1. The van der Waals surface area contributed by atoms with E-state index in [4.69, 9.17) is 11.6 Å². The second-order valence-corrected chi connectivity index (χ2v) is 8.82. The maximum atomic E-state index is 14.1. The van der Waals surface area contributed by atoms with E-state index in [1.807, 2.05) is 44.2 Å². The van der Waals surface area contributed by atoms with Gasteiger partial charge in [-0.1, -0.05) is 55.8 Å². The molecule has 1 amide bonds. The minimum absolute atomic E-state index is 0.0991. The Labute approximate surface area is 199 Å². The van der Waals surface area contributed by atoms with Crippen LogP contribution >= 0.6 is 11.6 Å². The quantitative estimate of drug-likeness (QED) is 0.435. The van der Waals surface area contributed by atoms with Crippen molar-refractivity contribution in [2.75, 3.05) is 5.32 Å². The SMILES string of the molecule is CC(C)Cn1cnc2c1c(=O)n(CC(=O)Nc1ccc(Cl)cc1F)c(=O)n2Cc1ccccc1. The highest BCUT2D eigenvalue weighted by Crippen LogP contribution is 2.19. The van der Waals surface area contributed by atoms with Crippen LogP contribution in [0.1, 0.15) is 19.4 Å². The summed E-state index contributed by atoms with van der Waals surface area (Å²) in [6.07, 6.45) is 1.53. The number of halogens is 2. The maximum Gasteiger partial charge on any atom is 0.333 e. The molecule has 2 heterocycles. The van der Waals surface area contributed by atoms with Crippen molar-refractivity contribution in [3.63, 3.8) is 0 Å². The van der Waals surface area contributed by atoms with Crippen LogP contribution < -0.4 is 16.6 Å². The van der Waals surface area contributed by atoms with Gasteiger partial charge in [0.15, 0.2) is 11.2 Å². The Bertz CT molecular complexity index is 1470. The number of nitrogens with zero attached hydrogens (tertiary/aromatic N) is 4. The van der Waals surface area contributed by atoms with Crippen molar-refractivity contribution >= 4 is 34.4 Å². The monoisotopic (exact) mass is 483 g/mol. The molecule has 176 valence electrons. The number of carbonyl (C=O) groups excluding carboxylic acids is 1. The number of anilines is 1. The third-order valence-electron chi connectivity index (χ3n) is 5.24. The van der Waals surface area contributed by atoms with Crippen molar-refractivity contribution in [2.45, 2.75) is 33.5 Å². The van der Waals surface area contributed by atoms with E-state index in [9.17, 15) is 18.8 Å². The fourth-order valence-corrected chi connectivity index (χ4v) is 3.90. The van der Waals surface area contributed by atoms with Crippen LogP contribution in [0.15, 0.2) is 64.4 Å². The molecule has 0 spiro atoms. The van der Waals surface area contributed by atoms with E-state index in [1.54, 1.807) is 4.57 Å². The normalized spacial score (nSPS) is 11.3. The van der Waals surface area contributed by atoms with Crippen LogP contribution in [0.2, 0.25) is 5.02 Å². The fourth-order valence-electron chi connectivity index (χ4n) is 3.74. The molecule has 0 saturated heterocycles. The van der Waals surface area contributed by atoms with Gasteiger partial charge in [0, 0.05) is 11.6 Å². The number of benzene rings is 2. The summed E-state index contributed by atoms with van der Waals surface area (Å²) in [5, 5.41) is 2.58. The number of rotatable bonds is 7. The standard InChI is InChI=1S/C24H23ClFN5O3/c1-15(2)11-29-14-27-22-21(29)23(33)31(24(34)30(22)12-16-6-4-3-5-7-16)13-20(32)28-19-9-8-17(25)10-18(19)26/h3-10,14-15H,11-13H2,1-2H3,(H,28,32). The Morgan fingerprint density at radius 3 is 2.53 bits per heavy atom. The van der Waals surface area contributed by atoms with Gasteiger partial charge in [-0.05, 0) is 29.7 Å². The van der Waals surface area contributed by atoms with E-state index >= 15 is 0 Å². The third kappa shape index (κ3) is 4.79. The van der Waals surface area contributed by atoms with Gasteiger partial charge in [0.05, 0.1) is 18.6 Å². The molecule has 8 nitrogen and oxygen atoms in total. The Hall–Kier alpha value is -3.72. The van der Waals surface area contributed by atoms with E-state index < -0.39 is 29.5 Å². The molecule has 0 fully saturated rings. The summed E-state index contributed by atoms with van der Waals surface area (Å²) in [5.74, 6) is -1.22. The number of aromatic nitrogens is 4. The van der Waals surface area contributed by atoms with E-state index in [-0.39, 0.29) is 34.3 Å². The lowest BCUT2D eigenvalue weighted by Gasteiger charge is -2.14. The number of imidazole rings is 1. The molecule has 0 unspecified atom stereocenters. The second-order valence-electron chi connectivity index (χ2n) is 8.38. The van der Waals surface area contributed by atoms with Gasteiger partial charge >= 0.3 is 5.69 Å². The van der Waals surface area contributed by atoms with Gasteiger partial charge in [0.25, 0.3) is 5.56 Å². The summed E-state index contributed by atoms with van der Waals surface area (Å²) in [6, 6.07) is 13.1. The Balaban J connectivity index is 1.79. The molecule has 0 saturated carbocycles. The number of carbonyl (C=O) groups is 1. The zero-order valence-corrected chi connectivity index (χ0v) is 19.4. The van der Waals surface area contributed by atoms with Gasteiger partial charge in [0.2, 0.25) is 5.91 Å². The van der Waals surface area contributed by atoms with Crippen LogP contribution in [-0.2, 0) is 24.4 Å². The summed E-state index contributed by atoms with van der Waals surface area (Å²) in [6.45, 7) is 4.09. The average molecular weight is 484 g/mol. The van der Waals surface area contributed by atoms with E-state index in [0.29, 0.717) is 6.54 Å². The molecule has 0 aliphatic carbocycles. The lowest BCUT2D eigenvalue weighted by molar-refractivity contribution is -0.116. The third-order valence-corrected chi connectivity index (χ3v) is 5.47. The van der Waals surface area contributed by atoms with Crippen molar-refractivity contribution < 1.29 is 9.18 Å². The van der Waals surface area contributed by atoms with Gasteiger partial charge in [-0.15, -0.1) is 0 Å². The molecule has 0 aliphatic rings. The second kappa shape index (κ2) is 9.64. The Kier molecular flexibility index (Phi) is 6.65. The van der Waals surface area contributed by atoms with Crippen molar-refractivity contribution in [3.8, 4) is 0 Å². The molecule has 4 rings (SSSR count). The zero-order valence-electron chi connectivity index (χ0n) is 18.7. The van der Waals surface area contributed by atoms with Crippen LogP contribution in [-0.4, -0.2) is 24.6 Å². The lowest BCUT2D eigenvalue weighted by atomic mass is 10.2. The molecule has 2 aromatic heterocycles. The van der Waals surface area contributed by atoms with Crippen molar-refractivity contribution in [1.29, 1.82) is 0 Å². The first-order chi connectivity index (χ1) is 16.2. The van der Waals surface area contributed by atoms with Crippen molar-refractivity contribution in [3.05, 3.63) is 92.1 Å². The first kappa shape index (κ1) is 23.4. The van der Waals surface area contributed by atoms with E-state index in [0.717, 1.165) is 16.2 Å². The van der Waals surface area contributed by atoms with Gasteiger partial charge in [0.1, 0.15) is 12.4 Å². The number of hydrogen-bond donors (Lipinski definition) is 1. The van der Waals surface area contributed by atoms with Crippen molar-refractivity contribution in [2.24, 2.45) is 5.92 Å². The smallest absolute Gasteiger partial charge is 0.324 e. The molecular formula is C24H23ClFN5O3. The zero-order chi connectivity index (χ0) is 24.4. The number of fused-ring (bicyclic) bond motifs is 1. The summed E-state index contributed by atoms with van der Waals surface area (Å²) < 4.78 is 18.0. The minimum Gasteiger partial charge on any atom is -0.324 e. The molecule has 0 atom stereocenters. The van der Waals surface area contributed by atoms with E-state index in [1.165, 1.54) is 23.0 Å². The van der Waals surface area contributed by atoms with Crippen LogP contribution in [0.25, 0.3) is 11.2 Å². The molecule has 0 aliphatic heterocycles. The van der Waals surface area contributed by atoms with Gasteiger partial charge in [-0.2, -0.15) is 0 Å². The summed E-state index contributed by atoms with van der Waals surface area (Å²) in [4.78, 5) is 43.7. The molecule has 10 heteroatoms. The van der Waals surface area contributed by atoms with Gasteiger partial charge in [-0.3, -0.25) is 14.2 Å². The summed E-state index contributed by atoms with van der Waals surface area (Å²) in [7, 11) is 0. The van der Waals surface area contributed by atoms with Crippen LogP contribution in [0.5, 0.6) is 0 Å². The highest BCUT2D eigenvalue weighted by Gasteiger charge is 2.20. The molecular weight excluding hydrogens is 461 g/mol. The largest absolute Gasteiger partial charge is 0.333 e. The van der Waals surface area contributed by atoms with Crippen LogP contribution in [0, 0.1) is 11.7 Å². The highest BCUT2D eigenvalue weighted by molar-refractivity contribution is 6.30. The van der Waals surface area contributed by atoms with Gasteiger partial charge in [-0.25, -0.2) is 18.7 Å². The van der Waals surface area contributed by atoms with Crippen LogP contribution in [0.4, 0.5) is 10.1 Å². The minimum atomic E-state index is -0.722.